The lowest BCUT2D eigenvalue weighted by atomic mass is 9.53. The average molecular weight is 349 g/mol. The molecule has 0 heterocycles. The number of benzene rings is 1. The van der Waals surface area contributed by atoms with Crippen LogP contribution in [0, 0.1) is 17.8 Å². The zero-order valence-corrected chi connectivity index (χ0v) is 13.7. The maximum atomic E-state index is 12.6. The van der Waals surface area contributed by atoms with Gasteiger partial charge in [0.2, 0.25) is 0 Å². The Morgan fingerprint density at radius 1 is 1.14 bits per heavy atom. The second-order valence-corrected chi connectivity index (χ2v) is 8.24. The van der Waals surface area contributed by atoms with Gasteiger partial charge in [-0.2, -0.15) is 0 Å². The van der Waals surface area contributed by atoms with Crippen LogP contribution in [0.4, 0.5) is 5.69 Å². The maximum Gasteiger partial charge on any atom is 0.251 e. The van der Waals surface area contributed by atoms with Gasteiger partial charge in [-0.3, -0.25) is 4.79 Å². The van der Waals surface area contributed by atoms with Gasteiger partial charge in [-0.1, -0.05) is 0 Å². The fourth-order valence-corrected chi connectivity index (χ4v) is 5.62. The van der Waals surface area contributed by atoms with Crippen LogP contribution in [0.15, 0.2) is 22.7 Å². The highest BCUT2D eigenvalue weighted by atomic mass is 79.9. The molecule has 0 saturated heterocycles. The standard InChI is InChI=1S/C17H21BrN2O/c18-14-6-13(1-2-15(14)19)16(21)20-17-7-10-3-11(8-17)5-12(4-10)9-17/h1-2,6,10-12H,3-5,7-9,19H2,(H,20,21). The summed E-state index contributed by atoms with van der Waals surface area (Å²) < 4.78 is 0.792. The molecule has 0 unspecified atom stereocenters. The molecule has 0 aromatic heterocycles. The van der Waals surface area contributed by atoms with Crippen molar-refractivity contribution in [3.63, 3.8) is 0 Å². The van der Waals surface area contributed by atoms with E-state index in [1.807, 2.05) is 12.1 Å². The summed E-state index contributed by atoms with van der Waals surface area (Å²) in [5, 5.41) is 3.39. The monoisotopic (exact) mass is 348 g/mol. The molecule has 3 N–H and O–H groups in total. The van der Waals surface area contributed by atoms with E-state index in [1.165, 1.54) is 38.5 Å². The van der Waals surface area contributed by atoms with Crippen molar-refractivity contribution in [2.45, 2.75) is 44.1 Å². The Kier molecular flexibility index (Phi) is 3.07. The first kappa shape index (κ1) is 13.6. The first-order valence-corrected chi connectivity index (χ1v) is 8.70. The van der Waals surface area contributed by atoms with Crippen LogP contribution in [0.25, 0.3) is 0 Å². The SMILES string of the molecule is Nc1ccc(C(=O)NC23CC4CC(CC(C4)C2)C3)cc1Br. The zero-order chi connectivity index (χ0) is 14.6. The van der Waals surface area contributed by atoms with E-state index in [4.69, 9.17) is 5.73 Å². The fourth-order valence-electron chi connectivity index (χ4n) is 5.25. The number of carbonyl (C=O) groups excluding carboxylic acids is 1. The number of hydrogen-bond donors (Lipinski definition) is 2. The molecule has 112 valence electrons. The van der Waals surface area contributed by atoms with Crippen molar-refractivity contribution in [2.24, 2.45) is 17.8 Å². The Balaban J connectivity index is 1.55. The first-order valence-electron chi connectivity index (χ1n) is 7.90. The van der Waals surface area contributed by atoms with E-state index < -0.39 is 0 Å². The number of nitrogens with two attached hydrogens (primary N) is 1. The summed E-state index contributed by atoms with van der Waals surface area (Å²) in [6.45, 7) is 0. The molecule has 4 fully saturated rings. The van der Waals surface area contributed by atoms with Crippen LogP contribution in [-0.4, -0.2) is 11.4 Å². The van der Waals surface area contributed by atoms with Crippen LogP contribution >= 0.6 is 15.9 Å². The number of halogens is 1. The molecule has 1 aromatic carbocycles. The van der Waals surface area contributed by atoms with Crippen LogP contribution in [-0.2, 0) is 0 Å². The van der Waals surface area contributed by atoms with Crippen molar-refractivity contribution in [3.05, 3.63) is 28.2 Å². The topological polar surface area (TPSA) is 55.1 Å². The highest BCUT2D eigenvalue weighted by molar-refractivity contribution is 9.10. The summed E-state index contributed by atoms with van der Waals surface area (Å²) in [4.78, 5) is 12.6. The fraction of sp³-hybridized carbons (Fsp3) is 0.588. The van der Waals surface area contributed by atoms with Gasteiger partial charge in [-0.15, -0.1) is 0 Å². The molecular formula is C17H21BrN2O. The molecule has 3 nitrogen and oxygen atoms in total. The minimum Gasteiger partial charge on any atom is -0.398 e. The van der Waals surface area contributed by atoms with Crippen molar-refractivity contribution < 1.29 is 4.79 Å². The Morgan fingerprint density at radius 3 is 2.24 bits per heavy atom. The number of anilines is 1. The Morgan fingerprint density at radius 2 is 1.71 bits per heavy atom. The van der Waals surface area contributed by atoms with Crippen LogP contribution in [0.1, 0.15) is 48.9 Å². The van der Waals surface area contributed by atoms with Crippen LogP contribution in [0.2, 0.25) is 0 Å². The molecule has 0 atom stereocenters. The molecular weight excluding hydrogens is 328 g/mol. The smallest absolute Gasteiger partial charge is 0.251 e. The van der Waals surface area contributed by atoms with Crippen LogP contribution in [0.5, 0.6) is 0 Å². The Labute approximate surface area is 133 Å². The Bertz CT molecular complexity index is 563. The number of amides is 1. The number of nitrogen functional groups attached to an aromatic ring is 1. The molecule has 0 spiro atoms. The van der Waals surface area contributed by atoms with Gasteiger partial charge >= 0.3 is 0 Å². The normalized spacial score (nSPS) is 36.7. The van der Waals surface area contributed by atoms with Gasteiger partial charge in [0.15, 0.2) is 0 Å². The van der Waals surface area contributed by atoms with E-state index in [0.29, 0.717) is 11.3 Å². The van der Waals surface area contributed by atoms with E-state index in [-0.39, 0.29) is 11.4 Å². The highest BCUT2D eigenvalue weighted by Crippen LogP contribution is 2.55. The third-order valence-corrected chi connectivity index (χ3v) is 6.37. The number of carbonyl (C=O) groups is 1. The summed E-state index contributed by atoms with van der Waals surface area (Å²) in [6.07, 6.45) is 7.72. The maximum absolute atomic E-state index is 12.6. The van der Waals surface area contributed by atoms with E-state index >= 15 is 0 Å². The van der Waals surface area contributed by atoms with Crippen LogP contribution < -0.4 is 11.1 Å². The van der Waals surface area contributed by atoms with Gasteiger partial charge in [-0.05, 0) is 90.4 Å². The summed E-state index contributed by atoms with van der Waals surface area (Å²) in [6, 6.07) is 5.43. The van der Waals surface area contributed by atoms with E-state index in [2.05, 4.69) is 21.2 Å². The molecule has 21 heavy (non-hydrogen) atoms. The quantitative estimate of drug-likeness (QED) is 0.800. The summed E-state index contributed by atoms with van der Waals surface area (Å²) in [5.41, 5.74) is 7.24. The third-order valence-electron chi connectivity index (χ3n) is 5.68. The summed E-state index contributed by atoms with van der Waals surface area (Å²) >= 11 is 3.40. The molecule has 5 rings (SSSR count). The molecule has 1 amide bonds. The number of rotatable bonds is 2. The van der Waals surface area contributed by atoms with Gasteiger partial charge in [0, 0.05) is 21.3 Å². The van der Waals surface area contributed by atoms with Gasteiger partial charge in [0.25, 0.3) is 5.91 Å². The third kappa shape index (κ3) is 2.37. The van der Waals surface area contributed by atoms with Crippen molar-refractivity contribution in [2.75, 3.05) is 5.73 Å². The van der Waals surface area contributed by atoms with E-state index in [9.17, 15) is 4.79 Å². The molecule has 4 bridgehead atoms. The average Bonchev–Trinajstić information content (AvgIpc) is 2.39. The second kappa shape index (κ2) is 4.73. The summed E-state index contributed by atoms with van der Waals surface area (Å²) in [5.74, 6) is 2.58. The van der Waals surface area contributed by atoms with Crippen molar-refractivity contribution in [1.82, 2.24) is 5.32 Å². The van der Waals surface area contributed by atoms with Gasteiger partial charge in [0.05, 0.1) is 0 Å². The molecule has 4 aliphatic rings. The summed E-state index contributed by atoms with van der Waals surface area (Å²) in [7, 11) is 0. The first-order chi connectivity index (χ1) is 10.0. The lowest BCUT2D eigenvalue weighted by Crippen LogP contribution is -2.59. The number of hydrogen-bond acceptors (Lipinski definition) is 2. The predicted octanol–water partition coefficient (Wildman–Crippen LogP) is 3.73. The molecule has 4 saturated carbocycles. The van der Waals surface area contributed by atoms with Crippen molar-refractivity contribution in [1.29, 1.82) is 0 Å². The van der Waals surface area contributed by atoms with Gasteiger partial charge in [-0.25, -0.2) is 0 Å². The second-order valence-electron chi connectivity index (χ2n) is 7.39. The molecule has 0 radical (unpaired) electrons. The molecule has 4 heteroatoms. The lowest BCUT2D eigenvalue weighted by molar-refractivity contribution is -0.0167. The molecule has 0 aliphatic heterocycles. The number of nitrogens with one attached hydrogen (secondary N) is 1. The molecule has 4 aliphatic carbocycles. The van der Waals surface area contributed by atoms with E-state index in [0.717, 1.165) is 22.2 Å². The van der Waals surface area contributed by atoms with Gasteiger partial charge in [0.1, 0.15) is 0 Å². The highest BCUT2D eigenvalue weighted by Gasteiger charge is 2.51. The lowest BCUT2D eigenvalue weighted by Gasteiger charge is -2.56. The van der Waals surface area contributed by atoms with E-state index in [1.54, 1.807) is 6.07 Å². The van der Waals surface area contributed by atoms with Gasteiger partial charge < -0.3 is 11.1 Å². The Hall–Kier alpha value is -1.03. The molecule has 1 aromatic rings. The minimum absolute atomic E-state index is 0.0534. The minimum atomic E-state index is 0.0534. The van der Waals surface area contributed by atoms with Crippen molar-refractivity contribution >= 4 is 27.5 Å². The van der Waals surface area contributed by atoms with Crippen LogP contribution in [0.3, 0.4) is 0 Å². The largest absolute Gasteiger partial charge is 0.398 e. The van der Waals surface area contributed by atoms with Crippen molar-refractivity contribution in [3.8, 4) is 0 Å². The predicted molar refractivity (Wildman–Crippen MR) is 86.9 cm³/mol. The zero-order valence-electron chi connectivity index (χ0n) is 12.1.